The van der Waals surface area contributed by atoms with Crippen molar-refractivity contribution in [1.29, 1.82) is 0 Å². The first kappa shape index (κ1) is 15.2. The number of ether oxygens (including phenoxy) is 1. The minimum absolute atomic E-state index is 0.179. The van der Waals surface area contributed by atoms with Gasteiger partial charge in [0.15, 0.2) is 12.3 Å². The number of aromatic nitrogens is 2. The lowest BCUT2D eigenvalue weighted by Crippen LogP contribution is -2.21. The van der Waals surface area contributed by atoms with Gasteiger partial charge in [0.2, 0.25) is 5.88 Å². The van der Waals surface area contributed by atoms with Crippen LogP contribution in [0, 0.1) is 0 Å². The monoisotopic (exact) mass is 319 g/mol. The van der Waals surface area contributed by atoms with E-state index in [2.05, 4.69) is 5.10 Å². The average molecular weight is 320 g/mol. The van der Waals surface area contributed by atoms with Crippen LogP contribution in [0.25, 0.3) is 5.69 Å². The summed E-state index contributed by atoms with van der Waals surface area (Å²) in [6.45, 7) is -0.576. The highest BCUT2D eigenvalue weighted by Gasteiger charge is 2.35. The minimum atomic E-state index is -4.66. The second-order valence-corrected chi connectivity index (χ2v) is 4.39. The molecule has 0 bridgehead atoms. The Balaban J connectivity index is 2.49. The van der Waals surface area contributed by atoms with Crippen molar-refractivity contribution in [3.05, 3.63) is 41.0 Å². The first-order chi connectivity index (χ1) is 9.79. The lowest BCUT2D eigenvalue weighted by atomic mass is 10.3. The van der Waals surface area contributed by atoms with Crippen LogP contribution in [0.1, 0.15) is 5.69 Å². The van der Waals surface area contributed by atoms with E-state index in [0.717, 1.165) is 4.68 Å². The number of halogens is 4. The molecule has 0 aliphatic carbocycles. The van der Waals surface area contributed by atoms with E-state index in [1.54, 1.807) is 12.1 Å². The summed E-state index contributed by atoms with van der Waals surface area (Å²) in [5.41, 5.74) is 3.93. The molecule has 1 amide bonds. The zero-order valence-electron chi connectivity index (χ0n) is 10.4. The predicted octanol–water partition coefficient (Wildman–Crippen LogP) is 2.41. The first-order valence-corrected chi connectivity index (χ1v) is 6.00. The number of carbonyl (C=O) groups is 1. The number of hydrogen-bond acceptors (Lipinski definition) is 3. The second-order valence-electron chi connectivity index (χ2n) is 3.98. The molecule has 1 aromatic heterocycles. The Morgan fingerprint density at radius 2 is 2.05 bits per heavy atom. The van der Waals surface area contributed by atoms with E-state index in [0.29, 0.717) is 6.07 Å². The van der Waals surface area contributed by atoms with E-state index in [4.69, 9.17) is 22.1 Å². The van der Waals surface area contributed by atoms with Crippen molar-refractivity contribution in [2.75, 3.05) is 6.61 Å². The summed E-state index contributed by atoms with van der Waals surface area (Å²) in [4.78, 5) is 10.7. The Kier molecular flexibility index (Phi) is 4.08. The predicted molar refractivity (Wildman–Crippen MR) is 68.3 cm³/mol. The Labute approximate surface area is 122 Å². The number of nitrogens with two attached hydrogens (primary N) is 1. The molecule has 0 radical (unpaired) electrons. The molecule has 0 saturated heterocycles. The molecule has 0 spiro atoms. The SMILES string of the molecule is NC(=O)COc1cc(C(F)(F)F)nn1-c1ccccc1Cl. The molecule has 2 N–H and O–H groups in total. The van der Waals surface area contributed by atoms with Crippen LogP contribution in [0.2, 0.25) is 5.02 Å². The van der Waals surface area contributed by atoms with Crippen LogP contribution >= 0.6 is 11.6 Å². The van der Waals surface area contributed by atoms with Crippen LogP contribution in [0.3, 0.4) is 0 Å². The summed E-state index contributed by atoms with van der Waals surface area (Å²) in [6.07, 6.45) is -4.66. The average Bonchev–Trinajstić information content (AvgIpc) is 2.80. The molecular weight excluding hydrogens is 311 g/mol. The van der Waals surface area contributed by atoms with Crippen LogP contribution in [0.15, 0.2) is 30.3 Å². The van der Waals surface area contributed by atoms with Gasteiger partial charge in [-0.05, 0) is 12.1 Å². The molecule has 9 heteroatoms. The van der Waals surface area contributed by atoms with Gasteiger partial charge in [-0.3, -0.25) is 4.79 Å². The molecule has 0 unspecified atom stereocenters. The fourth-order valence-electron chi connectivity index (χ4n) is 1.55. The molecule has 0 aliphatic rings. The summed E-state index contributed by atoms with van der Waals surface area (Å²) in [5, 5.41) is 3.60. The second kappa shape index (κ2) is 5.65. The van der Waals surface area contributed by atoms with Crippen LogP contribution in [0.5, 0.6) is 5.88 Å². The van der Waals surface area contributed by atoms with Crippen molar-refractivity contribution < 1.29 is 22.7 Å². The molecule has 112 valence electrons. The van der Waals surface area contributed by atoms with Gasteiger partial charge in [-0.1, -0.05) is 23.7 Å². The van der Waals surface area contributed by atoms with Gasteiger partial charge in [-0.15, -0.1) is 0 Å². The first-order valence-electron chi connectivity index (χ1n) is 5.62. The lowest BCUT2D eigenvalue weighted by Gasteiger charge is -2.09. The Morgan fingerprint density at radius 3 is 2.62 bits per heavy atom. The molecule has 2 rings (SSSR count). The molecule has 1 aromatic carbocycles. The van der Waals surface area contributed by atoms with Crippen molar-refractivity contribution in [1.82, 2.24) is 9.78 Å². The van der Waals surface area contributed by atoms with E-state index >= 15 is 0 Å². The number of alkyl halides is 3. The topological polar surface area (TPSA) is 70.1 Å². The standard InChI is InChI=1S/C12H9ClF3N3O2/c13-7-3-1-2-4-8(7)19-11(21-6-10(17)20)5-9(18-19)12(14,15)16/h1-5H,6H2,(H2,17,20). The minimum Gasteiger partial charge on any atom is -0.467 e. The summed E-state index contributed by atoms with van der Waals surface area (Å²) >= 11 is 5.93. The number of primary amides is 1. The molecule has 5 nitrogen and oxygen atoms in total. The smallest absolute Gasteiger partial charge is 0.435 e. The van der Waals surface area contributed by atoms with Crippen molar-refractivity contribution in [2.45, 2.75) is 6.18 Å². The molecule has 2 aromatic rings. The highest BCUT2D eigenvalue weighted by atomic mass is 35.5. The van der Waals surface area contributed by atoms with Crippen molar-refractivity contribution in [3.8, 4) is 11.6 Å². The normalized spacial score (nSPS) is 11.4. The fourth-order valence-corrected chi connectivity index (χ4v) is 1.76. The van der Waals surface area contributed by atoms with Gasteiger partial charge in [-0.2, -0.15) is 23.0 Å². The summed E-state index contributed by atoms with van der Waals surface area (Å²) in [7, 11) is 0. The van der Waals surface area contributed by atoms with Gasteiger partial charge in [0.1, 0.15) is 0 Å². The molecule has 1 heterocycles. The molecule has 0 atom stereocenters. The quantitative estimate of drug-likeness (QED) is 0.940. The van der Waals surface area contributed by atoms with Gasteiger partial charge < -0.3 is 10.5 Å². The maximum absolute atomic E-state index is 12.7. The molecule has 0 saturated carbocycles. The van der Waals surface area contributed by atoms with Gasteiger partial charge in [0.05, 0.1) is 10.7 Å². The number of amides is 1. The van der Waals surface area contributed by atoms with E-state index in [9.17, 15) is 18.0 Å². The lowest BCUT2D eigenvalue weighted by molar-refractivity contribution is -0.141. The highest BCUT2D eigenvalue weighted by molar-refractivity contribution is 6.32. The van der Waals surface area contributed by atoms with Crippen LogP contribution < -0.4 is 10.5 Å². The third-order valence-corrected chi connectivity index (χ3v) is 2.73. The van der Waals surface area contributed by atoms with E-state index < -0.39 is 24.4 Å². The summed E-state index contributed by atoms with van der Waals surface area (Å²) < 4.78 is 44.0. The fraction of sp³-hybridized carbons (Fsp3) is 0.167. The Hall–Kier alpha value is -2.22. The number of para-hydroxylation sites is 1. The number of carbonyl (C=O) groups excluding carboxylic acids is 1. The maximum Gasteiger partial charge on any atom is 0.435 e. The van der Waals surface area contributed by atoms with Gasteiger partial charge in [-0.25, -0.2) is 0 Å². The third kappa shape index (κ3) is 3.46. The zero-order chi connectivity index (χ0) is 15.6. The molecule has 0 aliphatic heterocycles. The molecule has 21 heavy (non-hydrogen) atoms. The van der Waals surface area contributed by atoms with Gasteiger partial charge in [0, 0.05) is 6.07 Å². The summed E-state index contributed by atoms with van der Waals surface area (Å²) in [6, 6.07) is 6.82. The van der Waals surface area contributed by atoms with E-state index in [-0.39, 0.29) is 16.6 Å². The zero-order valence-corrected chi connectivity index (χ0v) is 11.1. The molecular formula is C12H9ClF3N3O2. The highest BCUT2D eigenvalue weighted by Crippen LogP contribution is 2.33. The van der Waals surface area contributed by atoms with Crippen LogP contribution in [0.4, 0.5) is 13.2 Å². The number of hydrogen-bond donors (Lipinski definition) is 1. The van der Waals surface area contributed by atoms with Crippen molar-refractivity contribution in [2.24, 2.45) is 5.73 Å². The maximum atomic E-state index is 12.7. The van der Waals surface area contributed by atoms with Gasteiger partial charge in [0.25, 0.3) is 5.91 Å². The van der Waals surface area contributed by atoms with E-state index in [1.165, 1.54) is 12.1 Å². The largest absolute Gasteiger partial charge is 0.467 e. The summed E-state index contributed by atoms with van der Waals surface area (Å²) in [5.74, 6) is -1.11. The van der Waals surface area contributed by atoms with E-state index in [1.807, 2.05) is 0 Å². The van der Waals surface area contributed by atoms with Crippen LogP contribution in [-0.4, -0.2) is 22.3 Å². The number of nitrogens with zero attached hydrogens (tertiary/aromatic N) is 2. The number of benzene rings is 1. The number of rotatable bonds is 4. The van der Waals surface area contributed by atoms with Gasteiger partial charge >= 0.3 is 6.18 Å². The Bertz CT molecular complexity index is 670. The van der Waals surface area contributed by atoms with Crippen molar-refractivity contribution in [3.63, 3.8) is 0 Å². The Morgan fingerprint density at radius 1 is 1.38 bits per heavy atom. The van der Waals surface area contributed by atoms with Crippen molar-refractivity contribution >= 4 is 17.5 Å². The van der Waals surface area contributed by atoms with Crippen LogP contribution in [-0.2, 0) is 11.0 Å². The molecule has 0 fully saturated rings. The third-order valence-electron chi connectivity index (χ3n) is 2.41.